The number of nitrogen functional groups attached to an aromatic ring is 1. The van der Waals surface area contributed by atoms with Gasteiger partial charge in [0.15, 0.2) is 0 Å². The van der Waals surface area contributed by atoms with Crippen molar-refractivity contribution in [2.75, 3.05) is 12.3 Å². The topological polar surface area (TPSA) is 100 Å². The smallest absolute Gasteiger partial charge is 0.253 e. The number of aromatic amines is 1. The lowest BCUT2D eigenvalue weighted by Gasteiger charge is -2.10. The molecule has 1 aliphatic heterocycles. The molecular formula is C14H16N4O2. The Labute approximate surface area is 115 Å². The molecule has 0 spiro atoms. The third-order valence-corrected chi connectivity index (χ3v) is 3.54. The number of carbonyl (C=O) groups is 2. The highest BCUT2D eigenvalue weighted by molar-refractivity contribution is 6.07. The molecule has 1 saturated heterocycles. The van der Waals surface area contributed by atoms with Gasteiger partial charge in [-0.15, -0.1) is 0 Å². The van der Waals surface area contributed by atoms with Crippen LogP contribution in [0.15, 0.2) is 24.4 Å². The Bertz CT molecular complexity index is 677. The van der Waals surface area contributed by atoms with Gasteiger partial charge in [0.05, 0.1) is 5.56 Å². The minimum Gasteiger partial charge on any atom is -0.399 e. The summed E-state index contributed by atoms with van der Waals surface area (Å²) in [6, 6.07) is 5.42. The molecular weight excluding hydrogens is 256 g/mol. The highest BCUT2D eigenvalue weighted by Crippen LogP contribution is 2.20. The van der Waals surface area contributed by atoms with Crippen molar-refractivity contribution in [3.05, 3.63) is 30.0 Å². The third kappa shape index (κ3) is 2.32. The zero-order valence-corrected chi connectivity index (χ0v) is 10.9. The molecule has 1 aromatic carbocycles. The number of amides is 2. The van der Waals surface area contributed by atoms with Crippen LogP contribution in [0.25, 0.3) is 10.9 Å². The first-order chi connectivity index (χ1) is 9.63. The fraction of sp³-hybridized carbons (Fsp3) is 0.286. The van der Waals surface area contributed by atoms with Crippen LogP contribution < -0.4 is 16.4 Å². The molecule has 6 heteroatoms. The third-order valence-electron chi connectivity index (χ3n) is 3.54. The number of fused-ring (bicyclic) bond motifs is 1. The zero-order chi connectivity index (χ0) is 14.1. The maximum atomic E-state index is 12.2. The number of nitrogens with two attached hydrogens (primary N) is 1. The Kier molecular flexibility index (Phi) is 3.06. The maximum Gasteiger partial charge on any atom is 0.253 e. The molecule has 0 aliphatic carbocycles. The van der Waals surface area contributed by atoms with E-state index in [0.29, 0.717) is 24.2 Å². The normalized spacial score (nSPS) is 18.2. The highest BCUT2D eigenvalue weighted by Gasteiger charge is 2.21. The molecule has 3 rings (SSSR count). The maximum absolute atomic E-state index is 12.2. The van der Waals surface area contributed by atoms with Crippen LogP contribution in [-0.4, -0.2) is 29.4 Å². The van der Waals surface area contributed by atoms with E-state index in [4.69, 9.17) is 5.73 Å². The summed E-state index contributed by atoms with van der Waals surface area (Å²) >= 11 is 0. The van der Waals surface area contributed by atoms with Gasteiger partial charge in [-0.25, -0.2) is 0 Å². The summed E-state index contributed by atoms with van der Waals surface area (Å²) in [7, 11) is 0. The van der Waals surface area contributed by atoms with E-state index in [1.807, 2.05) is 6.07 Å². The molecule has 0 bridgehead atoms. The summed E-state index contributed by atoms with van der Waals surface area (Å²) < 4.78 is 0. The fourth-order valence-electron chi connectivity index (χ4n) is 2.47. The zero-order valence-electron chi connectivity index (χ0n) is 10.9. The largest absolute Gasteiger partial charge is 0.399 e. The summed E-state index contributed by atoms with van der Waals surface area (Å²) in [5.41, 5.74) is 7.78. The van der Waals surface area contributed by atoms with E-state index >= 15 is 0 Å². The Balaban J connectivity index is 1.71. The number of nitrogens with one attached hydrogen (secondary N) is 3. The molecule has 1 aromatic heterocycles. The predicted molar refractivity (Wildman–Crippen MR) is 76.2 cm³/mol. The predicted octanol–water partition coefficient (Wildman–Crippen LogP) is 0.758. The minimum atomic E-state index is -0.151. The van der Waals surface area contributed by atoms with Crippen molar-refractivity contribution in [3.63, 3.8) is 0 Å². The average Bonchev–Trinajstić information content (AvgIpc) is 3.01. The Morgan fingerprint density at radius 2 is 2.30 bits per heavy atom. The summed E-state index contributed by atoms with van der Waals surface area (Å²) in [6.07, 6.45) is 2.98. The van der Waals surface area contributed by atoms with Crippen molar-refractivity contribution in [2.45, 2.75) is 18.9 Å². The SMILES string of the molecule is Nc1ccc2c(C(=O)NCC3CCC(=O)N3)c[nH]c2c1. The quantitative estimate of drug-likeness (QED) is 0.620. The molecule has 1 unspecified atom stereocenters. The van der Waals surface area contributed by atoms with Gasteiger partial charge in [0, 0.05) is 41.8 Å². The molecule has 5 N–H and O–H groups in total. The van der Waals surface area contributed by atoms with Crippen LogP contribution in [-0.2, 0) is 4.79 Å². The summed E-state index contributed by atoms with van der Waals surface area (Å²) in [5.74, 6) is -0.103. The number of anilines is 1. The van der Waals surface area contributed by atoms with Crippen LogP contribution >= 0.6 is 0 Å². The standard InChI is InChI=1S/C14H16N4O2/c15-8-1-3-10-11(7-16-12(10)5-8)14(20)17-6-9-2-4-13(19)18-9/h1,3,5,7,9,16H,2,4,6,15H2,(H,17,20)(H,18,19). The first-order valence-electron chi connectivity index (χ1n) is 6.57. The fourth-order valence-corrected chi connectivity index (χ4v) is 2.47. The lowest BCUT2D eigenvalue weighted by Crippen LogP contribution is -2.38. The van der Waals surface area contributed by atoms with Crippen molar-refractivity contribution in [3.8, 4) is 0 Å². The summed E-state index contributed by atoms with van der Waals surface area (Å²) in [4.78, 5) is 26.3. The lowest BCUT2D eigenvalue weighted by molar-refractivity contribution is -0.119. The van der Waals surface area contributed by atoms with Crippen LogP contribution in [0.5, 0.6) is 0 Å². The van der Waals surface area contributed by atoms with E-state index < -0.39 is 0 Å². The van der Waals surface area contributed by atoms with Gasteiger partial charge in [-0.05, 0) is 24.6 Å². The number of hydrogen-bond acceptors (Lipinski definition) is 3. The van der Waals surface area contributed by atoms with E-state index in [-0.39, 0.29) is 17.9 Å². The molecule has 2 aromatic rings. The first-order valence-corrected chi connectivity index (χ1v) is 6.57. The van der Waals surface area contributed by atoms with Gasteiger partial charge in [0.1, 0.15) is 0 Å². The molecule has 0 saturated carbocycles. The number of H-pyrrole nitrogens is 1. The minimum absolute atomic E-state index is 0.0345. The van der Waals surface area contributed by atoms with E-state index in [2.05, 4.69) is 15.6 Å². The molecule has 104 valence electrons. The van der Waals surface area contributed by atoms with Gasteiger partial charge in [-0.2, -0.15) is 0 Å². The number of hydrogen-bond donors (Lipinski definition) is 4. The molecule has 2 heterocycles. The highest BCUT2D eigenvalue weighted by atomic mass is 16.2. The van der Waals surface area contributed by atoms with Crippen LogP contribution in [0.2, 0.25) is 0 Å². The van der Waals surface area contributed by atoms with Crippen molar-refractivity contribution in [1.29, 1.82) is 0 Å². The molecule has 1 atom stereocenters. The Hall–Kier alpha value is -2.50. The number of benzene rings is 1. The molecule has 2 amide bonds. The van der Waals surface area contributed by atoms with Crippen LogP contribution in [0.4, 0.5) is 5.69 Å². The number of aromatic nitrogens is 1. The van der Waals surface area contributed by atoms with Crippen molar-refractivity contribution < 1.29 is 9.59 Å². The average molecular weight is 272 g/mol. The molecule has 1 fully saturated rings. The second-order valence-corrected chi connectivity index (χ2v) is 5.02. The van der Waals surface area contributed by atoms with E-state index in [1.165, 1.54) is 0 Å². The lowest BCUT2D eigenvalue weighted by atomic mass is 10.1. The second kappa shape index (κ2) is 4.88. The van der Waals surface area contributed by atoms with Gasteiger partial charge in [-0.1, -0.05) is 0 Å². The van der Waals surface area contributed by atoms with Crippen LogP contribution in [0.3, 0.4) is 0 Å². The second-order valence-electron chi connectivity index (χ2n) is 5.02. The van der Waals surface area contributed by atoms with Gasteiger partial charge >= 0.3 is 0 Å². The van der Waals surface area contributed by atoms with E-state index in [9.17, 15) is 9.59 Å². The summed E-state index contributed by atoms with van der Waals surface area (Å²) in [5, 5.41) is 6.51. The van der Waals surface area contributed by atoms with Crippen molar-refractivity contribution in [1.82, 2.24) is 15.6 Å². The van der Waals surface area contributed by atoms with Gasteiger partial charge < -0.3 is 21.4 Å². The molecule has 0 radical (unpaired) electrons. The summed E-state index contributed by atoms with van der Waals surface area (Å²) in [6.45, 7) is 0.451. The van der Waals surface area contributed by atoms with Crippen LogP contribution in [0.1, 0.15) is 23.2 Å². The van der Waals surface area contributed by atoms with Crippen molar-refractivity contribution in [2.24, 2.45) is 0 Å². The number of carbonyl (C=O) groups excluding carboxylic acids is 2. The van der Waals surface area contributed by atoms with E-state index in [0.717, 1.165) is 17.3 Å². The molecule has 20 heavy (non-hydrogen) atoms. The van der Waals surface area contributed by atoms with E-state index in [1.54, 1.807) is 18.3 Å². The monoisotopic (exact) mass is 272 g/mol. The van der Waals surface area contributed by atoms with Crippen LogP contribution in [0, 0.1) is 0 Å². The molecule has 6 nitrogen and oxygen atoms in total. The van der Waals surface area contributed by atoms with Gasteiger partial charge in [0.25, 0.3) is 5.91 Å². The molecule has 1 aliphatic rings. The Morgan fingerprint density at radius 1 is 1.45 bits per heavy atom. The Morgan fingerprint density at radius 3 is 3.05 bits per heavy atom. The first kappa shape index (κ1) is 12.5. The van der Waals surface area contributed by atoms with Crippen molar-refractivity contribution >= 4 is 28.4 Å². The van der Waals surface area contributed by atoms with Gasteiger partial charge in [0.2, 0.25) is 5.91 Å². The van der Waals surface area contributed by atoms with Gasteiger partial charge in [-0.3, -0.25) is 9.59 Å². The number of rotatable bonds is 3.